The van der Waals surface area contributed by atoms with Gasteiger partial charge in [0.25, 0.3) is 0 Å². The summed E-state index contributed by atoms with van der Waals surface area (Å²) >= 11 is 0. The van der Waals surface area contributed by atoms with Gasteiger partial charge in [-0.15, -0.1) is 0 Å². The zero-order valence-electron chi connectivity index (χ0n) is 19.1. The molecule has 1 saturated heterocycles. The van der Waals surface area contributed by atoms with Gasteiger partial charge in [-0.25, -0.2) is 4.98 Å². The largest absolute Gasteiger partial charge is 0.494 e. The maximum atomic E-state index is 12.6. The number of aryl methyl sites for hydroxylation is 2. The maximum Gasteiger partial charge on any atom is 0.226 e. The number of methoxy groups -OCH3 is 1. The van der Waals surface area contributed by atoms with Crippen molar-refractivity contribution in [1.82, 2.24) is 9.88 Å². The van der Waals surface area contributed by atoms with E-state index in [4.69, 9.17) is 14.5 Å². The van der Waals surface area contributed by atoms with Crippen LogP contribution in [-0.2, 0) is 11.2 Å². The Hall–Kier alpha value is -3.28. The molecule has 2 aromatic carbocycles. The fourth-order valence-electron chi connectivity index (χ4n) is 4.12. The molecule has 4 rings (SSSR count). The lowest BCUT2D eigenvalue weighted by atomic mass is 10.1. The van der Waals surface area contributed by atoms with Crippen molar-refractivity contribution in [2.24, 2.45) is 0 Å². The molecule has 0 radical (unpaired) electrons. The minimum absolute atomic E-state index is 0.138. The third-order valence-corrected chi connectivity index (χ3v) is 6.09. The van der Waals surface area contributed by atoms with E-state index in [1.165, 1.54) is 11.1 Å². The highest BCUT2D eigenvalue weighted by atomic mass is 16.5. The number of aromatic nitrogens is 1. The van der Waals surface area contributed by atoms with E-state index in [9.17, 15) is 4.79 Å². The molecule has 6 nitrogen and oxygen atoms in total. The molecule has 1 aromatic heterocycles. The molecular formula is C26H31N3O3. The van der Waals surface area contributed by atoms with Crippen LogP contribution in [0.4, 0.5) is 5.82 Å². The Bertz CT molecular complexity index is 1070. The van der Waals surface area contributed by atoms with E-state index in [2.05, 4.69) is 43.0 Å². The van der Waals surface area contributed by atoms with E-state index in [1.54, 1.807) is 7.11 Å². The van der Waals surface area contributed by atoms with Crippen molar-refractivity contribution in [2.45, 2.75) is 26.7 Å². The lowest BCUT2D eigenvalue weighted by molar-refractivity contribution is -0.132. The summed E-state index contributed by atoms with van der Waals surface area (Å²) in [5.41, 5.74) is 3.33. The molecule has 0 N–H and O–H groups in total. The Balaban J connectivity index is 1.32. The predicted molar refractivity (Wildman–Crippen MR) is 128 cm³/mol. The molecule has 2 heterocycles. The van der Waals surface area contributed by atoms with Gasteiger partial charge in [0, 0.05) is 31.6 Å². The number of para-hydroxylation sites is 1. The number of pyridine rings is 1. The first kappa shape index (κ1) is 21.9. The van der Waals surface area contributed by atoms with Crippen molar-refractivity contribution in [3.8, 4) is 11.5 Å². The number of fused-ring (bicyclic) bond motifs is 1. The lowest BCUT2D eigenvalue weighted by Gasteiger charge is -2.35. The van der Waals surface area contributed by atoms with Gasteiger partial charge in [0.05, 0.1) is 20.1 Å². The van der Waals surface area contributed by atoms with E-state index in [1.807, 2.05) is 29.2 Å². The Morgan fingerprint density at radius 2 is 1.81 bits per heavy atom. The van der Waals surface area contributed by atoms with E-state index < -0.39 is 0 Å². The SMILES string of the molecule is CCc1ccc(OCCC(=O)N2CCN(c3cc(C)c4cccc(OC)c4n3)CC2)cc1. The number of benzene rings is 2. The van der Waals surface area contributed by atoms with Crippen LogP contribution >= 0.6 is 0 Å². The first-order valence-corrected chi connectivity index (χ1v) is 11.3. The van der Waals surface area contributed by atoms with Crippen LogP contribution < -0.4 is 14.4 Å². The summed E-state index contributed by atoms with van der Waals surface area (Å²) in [7, 11) is 1.67. The smallest absolute Gasteiger partial charge is 0.226 e. The molecule has 0 unspecified atom stereocenters. The fraction of sp³-hybridized carbons (Fsp3) is 0.385. The quantitative estimate of drug-likeness (QED) is 0.558. The summed E-state index contributed by atoms with van der Waals surface area (Å²) in [6.45, 7) is 7.53. The van der Waals surface area contributed by atoms with Crippen LogP contribution in [0.2, 0.25) is 0 Å². The number of carbonyl (C=O) groups excluding carboxylic acids is 1. The molecule has 1 aliphatic rings. The number of piperazine rings is 1. The van der Waals surface area contributed by atoms with Crippen LogP contribution in [0.3, 0.4) is 0 Å². The highest BCUT2D eigenvalue weighted by Crippen LogP contribution is 2.29. The Morgan fingerprint density at radius 1 is 1.06 bits per heavy atom. The Kier molecular flexibility index (Phi) is 6.78. The van der Waals surface area contributed by atoms with Gasteiger partial charge >= 0.3 is 0 Å². The van der Waals surface area contributed by atoms with Crippen molar-refractivity contribution in [1.29, 1.82) is 0 Å². The van der Waals surface area contributed by atoms with Crippen LogP contribution in [0.1, 0.15) is 24.5 Å². The number of rotatable bonds is 7. The van der Waals surface area contributed by atoms with Gasteiger partial charge in [-0.05, 0) is 48.7 Å². The number of amides is 1. The summed E-state index contributed by atoms with van der Waals surface area (Å²) in [5, 5.41) is 1.10. The Labute approximate surface area is 189 Å². The molecule has 0 spiro atoms. The third-order valence-electron chi connectivity index (χ3n) is 6.09. The predicted octanol–water partition coefficient (Wildman–Crippen LogP) is 4.23. The molecule has 0 saturated carbocycles. The second-order valence-electron chi connectivity index (χ2n) is 8.12. The van der Waals surface area contributed by atoms with Crippen molar-refractivity contribution in [3.05, 3.63) is 59.7 Å². The van der Waals surface area contributed by atoms with Crippen molar-refractivity contribution in [2.75, 3.05) is 44.8 Å². The molecule has 3 aromatic rings. The molecule has 6 heteroatoms. The van der Waals surface area contributed by atoms with Gasteiger partial charge in [-0.3, -0.25) is 4.79 Å². The number of hydrogen-bond donors (Lipinski definition) is 0. The highest BCUT2D eigenvalue weighted by Gasteiger charge is 2.22. The molecule has 1 fully saturated rings. The van der Waals surface area contributed by atoms with Crippen LogP contribution in [0.15, 0.2) is 48.5 Å². The maximum absolute atomic E-state index is 12.6. The van der Waals surface area contributed by atoms with E-state index in [-0.39, 0.29) is 5.91 Å². The fourth-order valence-corrected chi connectivity index (χ4v) is 4.12. The van der Waals surface area contributed by atoms with E-state index in [0.717, 1.165) is 47.7 Å². The van der Waals surface area contributed by atoms with Gasteiger partial charge in [0.1, 0.15) is 22.8 Å². The molecule has 1 aliphatic heterocycles. The summed E-state index contributed by atoms with van der Waals surface area (Å²) in [6, 6.07) is 16.2. The zero-order valence-corrected chi connectivity index (χ0v) is 19.1. The first-order valence-electron chi connectivity index (χ1n) is 11.3. The monoisotopic (exact) mass is 433 g/mol. The second-order valence-corrected chi connectivity index (χ2v) is 8.12. The van der Waals surface area contributed by atoms with Crippen LogP contribution in [-0.4, -0.2) is 55.7 Å². The van der Waals surface area contributed by atoms with Crippen molar-refractivity contribution < 1.29 is 14.3 Å². The van der Waals surface area contributed by atoms with Crippen LogP contribution in [0.5, 0.6) is 11.5 Å². The third kappa shape index (κ3) is 4.79. The molecule has 0 aliphatic carbocycles. The zero-order chi connectivity index (χ0) is 22.5. The van der Waals surface area contributed by atoms with Gasteiger partial charge in [-0.2, -0.15) is 0 Å². The minimum atomic E-state index is 0.138. The summed E-state index contributed by atoms with van der Waals surface area (Å²) < 4.78 is 11.3. The Morgan fingerprint density at radius 3 is 2.50 bits per heavy atom. The average Bonchev–Trinajstić information content (AvgIpc) is 2.84. The van der Waals surface area contributed by atoms with Gasteiger partial charge in [-0.1, -0.05) is 31.2 Å². The van der Waals surface area contributed by atoms with Gasteiger partial charge in [0.2, 0.25) is 5.91 Å². The number of carbonyl (C=O) groups is 1. The number of hydrogen-bond acceptors (Lipinski definition) is 5. The summed E-state index contributed by atoms with van der Waals surface area (Å²) in [4.78, 5) is 21.7. The summed E-state index contributed by atoms with van der Waals surface area (Å²) in [6.07, 6.45) is 1.40. The molecule has 1 amide bonds. The van der Waals surface area contributed by atoms with Crippen LogP contribution in [0, 0.1) is 6.92 Å². The lowest BCUT2D eigenvalue weighted by Crippen LogP contribution is -2.49. The minimum Gasteiger partial charge on any atom is -0.494 e. The normalized spacial score (nSPS) is 14.0. The van der Waals surface area contributed by atoms with Crippen molar-refractivity contribution >= 4 is 22.6 Å². The first-order chi connectivity index (χ1) is 15.6. The summed E-state index contributed by atoms with van der Waals surface area (Å²) in [5.74, 6) is 2.67. The van der Waals surface area contributed by atoms with E-state index >= 15 is 0 Å². The molecule has 0 atom stereocenters. The molecule has 32 heavy (non-hydrogen) atoms. The van der Waals surface area contributed by atoms with Crippen LogP contribution in [0.25, 0.3) is 10.9 Å². The molecule has 0 bridgehead atoms. The number of nitrogens with zero attached hydrogens (tertiary/aromatic N) is 3. The number of anilines is 1. The topological polar surface area (TPSA) is 54.9 Å². The molecular weight excluding hydrogens is 402 g/mol. The van der Waals surface area contributed by atoms with Crippen molar-refractivity contribution in [3.63, 3.8) is 0 Å². The second kappa shape index (κ2) is 9.90. The highest BCUT2D eigenvalue weighted by molar-refractivity contribution is 5.89. The molecule has 168 valence electrons. The van der Waals surface area contributed by atoms with Gasteiger partial charge < -0.3 is 19.3 Å². The standard InChI is InChI=1S/C26H31N3O3/c1-4-20-8-10-21(11-9-20)32-17-12-25(30)29-15-13-28(14-16-29)24-18-19(2)22-6-5-7-23(31-3)26(22)27-24/h5-11,18H,4,12-17H2,1-3H3. The van der Waals surface area contributed by atoms with E-state index in [0.29, 0.717) is 26.1 Å². The average molecular weight is 434 g/mol. The van der Waals surface area contributed by atoms with Gasteiger partial charge in [0.15, 0.2) is 0 Å². The number of ether oxygens (including phenoxy) is 2.